The van der Waals surface area contributed by atoms with Gasteiger partial charge in [0.05, 0.1) is 33.6 Å². The van der Waals surface area contributed by atoms with Crippen molar-refractivity contribution in [2.24, 2.45) is 5.84 Å². The number of likely N-dealkylation sites (N-methyl/N-ethyl adjacent to an activating group) is 1. The zero-order valence-electron chi connectivity index (χ0n) is 49.5. The van der Waals surface area contributed by atoms with E-state index in [0.717, 1.165) is 105 Å². The number of benzene rings is 9. The number of aromatic nitrogens is 6. The average molecular weight is 1210 g/mol. The molecule has 5 heterocycles. The van der Waals surface area contributed by atoms with Crippen molar-refractivity contribution >= 4 is 50.6 Å². The third kappa shape index (κ3) is 14.5. The third-order valence-corrected chi connectivity index (χ3v) is 15.3. The molecule has 12 aromatic rings. The van der Waals surface area contributed by atoms with E-state index in [-0.39, 0.29) is 17.5 Å². The first-order chi connectivity index (χ1) is 43.9. The maximum atomic E-state index is 13.1. The van der Waals surface area contributed by atoms with Gasteiger partial charge in [0, 0.05) is 92.3 Å². The quantitative estimate of drug-likeness (QED) is 0.0826. The van der Waals surface area contributed by atoms with E-state index in [1.54, 1.807) is 43.4 Å². The molecule has 2 saturated heterocycles. The first kappa shape index (κ1) is 59.7. The van der Waals surface area contributed by atoms with Gasteiger partial charge in [-0.15, -0.1) is 0 Å². The first-order valence-corrected chi connectivity index (χ1v) is 29.5. The van der Waals surface area contributed by atoms with Gasteiger partial charge in [-0.2, -0.15) is 5.06 Å². The summed E-state index contributed by atoms with van der Waals surface area (Å²) in [7, 11) is 1.70. The topological polar surface area (TPSA) is 167 Å². The molecule has 0 aliphatic carbocycles. The van der Waals surface area contributed by atoms with Gasteiger partial charge in [-0.3, -0.25) is 5.01 Å². The van der Waals surface area contributed by atoms with Gasteiger partial charge in [-0.05, 0) is 170 Å². The Kier molecular flexibility index (Phi) is 18.3. The number of piperazine rings is 2. The Labute approximate surface area is 518 Å². The van der Waals surface area contributed by atoms with E-state index in [2.05, 4.69) is 37.7 Å². The van der Waals surface area contributed by atoms with Crippen LogP contribution in [0.25, 0.3) is 66.5 Å². The van der Waals surface area contributed by atoms with E-state index < -0.39 is 0 Å². The summed E-state index contributed by atoms with van der Waals surface area (Å²) in [6.07, 6.45) is 0. The van der Waals surface area contributed by atoms with Crippen molar-refractivity contribution in [3.05, 3.63) is 236 Å². The number of nitrogens with two attached hydrogens (primary N) is 1. The molecule has 2 fully saturated rings. The standard InChI is InChI=1S/C26H25FN4O.C24H21FN4O2.C21H17FN4O/c1-2-30-15-17-31(18-16-30)26-28-24-6-4-3-5-23(24)25(29-26)19-7-11-21(12-8-19)32-22-13-9-20(27)10-14-22;25-18-7-11-20(12-8-18)31-19-9-5-17(6-10-19)23-21-3-1-2-4-22(21)26-24(27-23)28-13-15-29(30)16-14-28;1-26(23)21-24-19-5-3-2-4-18(19)20(25-21)14-6-10-16(11-7-14)27-17-12-8-15(22)9-13-17/h3-14H,2,15-18H2,1H3;1-12,30H,13-16H2;2-13H,23H2,1H3. The van der Waals surface area contributed by atoms with E-state index in [1.165, 1.54) is 46.5 Å². The summed E-state index contributed by atoms with van der Waals surface area (Å²) < 4.78 is 56.6. The fourth-order valence-electron chi connectivity index (χ4n) is 10.4. The number of halogens is 3. The molecule has 3 aromatic heterocycles. The van der Waals surface area contributed by atoms with Gasteiger partial charge in [0.2, 0.25) is 17.8 Å². The second-order valence-electron chi connectivity index (χ2n) is 21.4. The summed E-state index contributed by atoms with van der Waals surface area (Å²) in [5.74, 6) is 10.6. The SMILES string of the molecule is CCN1CCN(c2nc(-c3ccc(Oc4ccc(F)cc4)cc3)c3ccccc3n2)CC1.CN(N)c1nc(-c2ccc(Oc3ccc(F)cc3)cc2)c2ccccc2n1.ON1CCN(c2nc(-c3ccc(Oc4ccc(F)cc4)cc3)c3ccccc3n2)CC1. The number of hydroxylamine groups is 2. The Morgan fingerprint density at radius 3 is 1.02 bits per heavy atom. The minimum Gasteiger partial charge on any atom is -0.457 e. The van der Waals surface area contributed by atoms with Gasteiger partial charge in [-0.1, -0.05) is 61.5 Å². The van der Waals surface area contributed by atoms with Crippen molar-refractivity contribution in [3.63, 3.8) is 0 Å². The molecule has 9 aromatic carbocycles. The molecule has 2 aliphatic heterocycles. The fourth-order valence-corrected chi connectivity index (χ4v) is 10.4. The molecule has 90 heavy (non-hydrogen) atoms. The number of hydrazine groups is 1. The number of fused-ring (bicyclic) bond motifs is 3. The molecule has 0 radical (unpaired) electrons. The lowest BCUT2D eigenvalue weighted by atomic mass is 10.1. The zero-order valence-corrected chi connectivity index (χ0v) is 49.5. The normalized spacial score (nSPS) is 13.5. The number of rotatable bonds is 13. The van der Waals surface area contributed by atoms with E-state index in [1.807, 2.05) is 140 Å². The van der Waals surface area contributed by atoms with Crippen molar-refractivity contribution in [3.8, 4) is 68.3 Å². The molecular formula is C71H63F3N12O4. The minimum atomic E-state index is -0.297. The van der Waals surface area contributed by atoms with Crippen molar-refractivity contribution in [1.29, 1.82) is 0 Å². The van der Waals surface area contributed by atoms with Gasteiger partial charge >= 0.3 is 0 Å². The van der Waals surface area contributed by atoms with Crippen LogP contribution in [0.15, 0.2) is 218 Å². The average Bonchev–Trinajstić information content (AvgIpc) is 0.920. The number of hydrogen-bond donors (Lipinski definition) is 2. The Bertz CT molecular complexity index is 4370. The van der Waals surface area contributed by atoms with Crippen LogP contribution in [0.2, 0.25) is 0 Å². The summed E-state index contributed by atoms with van der Waals surface area (Å²) >= 11 is 0. The van der Waals surface area contributed by atoms with Crippen LogP contribution in [0.1, 0.15) is 6.92 Å². The van der Waals surface area contributed by atoms with Crippen molar-refractivity contribution in [1.82, 2.24) is 39.9 Å². The number of anilines is 3. The molecule has 452 valence electrons. The molecule has 16 nitrogen and oxygen atoms in total. The summed E-state index contributed by atoms with van der Waals surface area (Å²) in [6, 6.07) is 64.8. The van der Waals surface area contributed by atoms with Crippen LogP contribution >= 0.6 is 0 Å². The van der Waals surface area contributed by atoms with Crippen LogP contribution in [-0.4, -0.2) is 111 Å². The molecule has 19 heteroatoms. The minimum absolute atomic E-state index is 0.282. The van der Waals surface area contributed by atoms with Gasteiger partial charge in [-0.25, -0.2) is 48.9 Å². The van der Waals surface area contributed by atoms with Crippen LogP contribution in [0.3, 0.4) is 0 Å². The van der Waals surface area contributed by atoms with Gasteiger partial charge in [0.1, 0.15) is 51.9 Å². The summed E-state index contributed by atoms with van der Waals surface area (Å²) in [5.41, 5.74) is 8.07. The van der Waals surface area contributed by atoms with Crippen molar-refractivity contribution in [2.75, 3.05) is 80.8 Å². The molecule has 0 bridgehead atoms. The first-order valence-electron chi connectivity index (χ1n) is 29.5. The highest BCUT2D eigenvalue weighted by Crippen LogP contribution is 2.35. The van der Waals surface area contributed by atoms with Crippen LogP contribution in [0.4, 0.5) is 31.0 Å². The lowest BCUT2D eigenvalue weighted by Gasteiger charge is -2.34. The van der Waals surface area contributed by atoms with Crippen molar-refractivity contribution < 1.29 is 32.6 Å². The number of nitrogens with zero attached hydrogens (tertiary/aromatic N) is 11. The molecule has 0 atom stereocenters. The highest BCUT2D eigenvalue weighted by Gasteiger charge is 2.22. The molecule has 2 aliphatic rings. The van der Waals surface area contributed by atoms with Crippen LogP contribution in [-0.2, 0) is 0 Å². The molecule has 0 amide bonds. The van der Waals surface area contributed by atoms with E-state index in [0.29, 0.717) is 72.6 Å². The van der Waals surface area contributed by atoms with Crippen LogP contribution in [0.5, 0.6) is 34.5 Å². The van der Waals surface area contributed by atoms with Gasteiger partial charge in [0.15, 0.2) is 0 Å². The van der Waals surface area contributed by atoms with E-state index in [9.17, 15) is 18.4 Å². The lowest BCUT2D eigenvalue weighted by Crippen LogP contribution is -2.46. The third-order valence-electron chi connectivity index (χ3n) is 15.3. The Morgan fingerprint density at radius 2 is 0.689 bits per heavy atom. The maximum absolute atomic E-state index is 13.1. The molecule has 0 saturated carbocycles. The highest BCUT2D eigenvalue weighted by atomic mass is 19.1. The number of hydrogen-bond acceptors (Lipinski definition) is 16. The van der Waals surface area contributed by atoms with Gasteiger partial charge in [0.25, 0.3) is 0 Å². The van der Waals surface area contributed by atoms with Gasteiger partial charge < -0.3 is 34.1 Å². The smallest absolute Gasteiger partial charge is 0.240 e. The maximum Gasteiger partial charge on any atom is 0.240 e. The molecule has 0 unspecified atom stereocenters. The van der Waals surface area contributed by atoms with E-state index in [4.69, 9.17) is 40.0 Å². The number of ether oxygens (including phenoxy) is 3. The molecule has 14 rings (SSSR count). The molecule has 3 N–H and O–H groups in total. The number of para-hydroxylation sites is 3. The second kappa shape index (κ2) is 27.6. The highest BCUT2D eigenvalue weighted by molar-refractivity contribution is 5.95. The monoisotopic (exact) mass is 1200 g/mol. The van der Waals surface area contributed by atoms with Crippen LogP contribution < -0.4 is 34.9 Å². The zero-order chi connectivity index (χ0) is 61.9. The Balaban J connectivity index is 0.000000131. The van der Waals surface area contributed by atoms with Crippen molar-refractivity contribution in [2.45, 2.75) is 6.92 Å². The second-order valence-corrected chi connectivity index (χ2v) is 21.4. The summed E-state index contributed by atoms with van der Waals surface area (Å²) in [4.78, 5) is 35.3. The summed E-state index contributed by atoms with van der Waals surface area (Å²) in [6.45, 7) is 9.62. The predicted molar refractivity (Wildman–Crippen MR) is 347 cm³/mol. The van der Waals surface area contributed by atoms with E-state index >= 15 is 0 Å². The Hall–Kier alpha value is -10.6. The fraction of sp³-hybridized carbons (Fsp3) is 0.155. The predicted octanol–water partition coefficient (Wildman–Crippen LogP) is 14.6. The lowest BCUT2D eigenvalue weighted by molar-refractivity contribution is -0.0937. The summed E-state index contributed by atoms with van der Waals surface area (Å²) in [5, 5.41) is 15.3. The van der Waals surface area contributed by atoms with Crippen LogP contribution in [0, 0.1) is 17.5 Å². The molecule has 0 spiro atoms. The molecular weight excluding hydrogens is 1140 g/mol. The largest absolute Gasteiger partial charge is 0.457 e. The Morgan fingerprint density at radius 1 is 0.389 bits per heavy atom.